The fraction of sp³-hybridized carbons (Fsp3) is 0.400. The summed E-state index contributed by atoms with van der Waals surface area (Å²) in [6.45, 7) is 1.89. The monoisotopic (exact) mass is 471 g/mol. The molecule has 34 heavy (non-hydrogen) atoms. The van der Waals surface area contributed by atoms with E-state index in [9.17, 15) is 18.8 Å². The van der Waals surface area contributed by atoms with Crippen LogP contribution in [-0.4, -0.2) is 50.1 Å². The number of nitrogens with one attached hydrogen (secondary N) is 2. The van der Waals surface area contributed by atoms with Crippen molar-refractivity contribution in [1.29, 1.82) is 0 Å². The molecule has 0 spiro atoms. The topological polar surface area (TPSA) is 97.0 Å². The highest BCUT2D eigenvalue weighted by molar-refractivity contribution is 6.09. The number of amides is 4. The zero-order chi connectivity index (χ0) is 24.7. The summed E-state index contributed by atoms with van der Waals surface area (Å²) in [6.07, 6.45) is 2.37. The summed E-state index contributed by atoms with van der Waals surface area (Å²) in [6, 6.07) is 10.3. The molecule has 182 valence electrons. The van der Waals surface area contributed by atoms with E-state index in [1.54, 1.807) is 20.3 Å². The van der Waals surface area contributed by atoms with Crippen molar-refractivity contribution in [2.45, 2.75) is 38.1 Å². The summed E-state index contributed by atoms with van der Waals surface area (Å²) in [4.78, 5) is 39.5. The number of unbranched alkanes of at least 4 members (excludes halogenated alkanes) is 1. The highest BCUT2D eigenvalue weighted by atomic mass is 19.1. The Kier molecular flexibility index (Phi) is 8.09. The SMILES string of the molecule is CCCCC1(c2ccc(F)cc2)NC(=O)N(CC(=O)NCCc2ccc(OC)c(OC)c2)C1=O. The Bertz CT molecular complexity index is 1040. The number of nitrogens with zero attached hydrogens (tertiary/aromatic N) is 1. The number of rotatable bonds is 11. The fourth-order valence-electron chi connectivity index (χ4n) is 4.04. The summed E-state index contributed by atoms with van der Waals surface area (Å²) in [7, 11) is 3.11. The van der Waals surface area contributed by atoms with Gasteiger partial charge >= 0.3 is 6.03 Å². The lowest BCUT2D eigenvalue weighted by Crippen LogP contribution is -2.45. The van der Waals surface area contributed by atoms with E-state index in [0.29, 0.717) is 42.9 Å². The first-order valence-corrected chi connectivity index (χ1v) is 11.2. The Morgan fingerprint density at radius 1 is 1.09 bits per heavy atom. The number of halogens is 1. The third-order valence-corrected chi connectivity index (χ3v) is 5.90. The van der Waals surface area contributed by atoms with E-state index in [1.165, 1.54) is 24.3 Å². The lowest BCUT2D eigenvalue weighted by atomic mass is 9.85. The van der Waals surface area contributed by atoms with E-state index < -0.39 is 35.7 Å². The van der Waals surface area contributed by atoms with Gasteiger partial charge in [-0.1, -0.05) is 38.0 Å². The third kappa shape index (κ3) is 5.30. The molecule has 2 aromatic rings. The highest BCUT2D eigenvalue weighted by Crippen LogP contribution is 2.34. The number of hydrogen-bond acceptors (Lipinski definition) is 5. The molecule has 1 atom stereocenters. The fourth-order valence-corrected chi connectivity index (χ4v) is 4.04. The summed E-state index contributed by atoms with van der Waals surface area (Å²) >= 11 is 0. The van der Waals surface area contributed by atoms with Gasteiger partial charge in [0.25, 0.3) is 5.91 Å². The largest absolute Gasteiger partial charge is 0.493 e. The summed E-state index contributed by atoms with van der Waals surface area (Å²) in [5.74, 6) is -0.185. The van der Waals surface area contributed by atoms with Gasteiger partial charge < -0.3 is 20.1 Å². The van der Waals surface area contributed by atoms with Crippen LogP contribution in [0.3, 0.4) is 0 Å². The average Bonchev–Trinajstić information content (AvgIpc) is 3.08. The third-order valence-electron chi connectivity index (χ3n) is 5.90. The van der Waals surface area contributed by atoms with Crippen LogP contribution in [0.25, 0.3) is 0 Å². The second-order valence-corrected chi connectivity index (χ2v) is 8.13. The van der Waals surface area contributed by atoms with E-state index >= 15 is 0 Å². The Morgan fingerprint density at radius 2 is 1.79 bits per heavy atom. The normalized spacial score (nSPS) is 17.5. The molecule has 3 rings (SSSR count). The number of imide groups is 1. The molecule has 8 nitrogen and oxygen atoms in total. The summed E-state index contributed by atoms with van der Waals surface area (Å²) < 4.78 is 23.9. The Labute approximate surface area is 198 Å². The van der Waals surface area contributed by atoms with Crippen molar-refractivity contribution in [3.05, 3.63) is 59.4 Å². The minimum atomic E-state index is -1.30. The quantitative estimate of drug-likeness (QED) is 0.491. The van der Waals surface area contributed by atoms with Gasteiger partial charge in [-0.05, 0) is 48.2 Å². The first-order valence-electron chi connectivity index (χ1n) is 11.2. The molecule has 1 heterocycles. The lowest BCUT2D eigenvalue weighted by molar-refractivity contribution is -0.135. The van der Waals surface area contributed by atoms with Gasteiger partial charge in [0.05, 0.1) is 14.2 Å². The van der Waals surface area contributed by atoms with Crippen molar-refractivity contribution in [1.82, 2.24) is 15.5 Å². The van der Waals surface area contributed by atoms with Gasteiger partial charge in [-0.2, -0.15) is 0 Å². The first kappa shape index (κ1) is 25.0. The predicted molar refractivity (Wildman–Crippen MR) is 124 cm³/mol. The first-order chi connectivity index (χ1) is 16.3. The zero-order valence-corrected chi connectivity index (χ0v) is 19.7. The van der Waals surface area contributed by atoms with Gasteiger partial charge in [0.2, 0.25) is 5.91 Å². The van der Waals surface area contributed by atoms with Crippen LogP contribution in [0, 0.1) is 5.82 Å². The van der Waals surface area contributed by atoms with Crippen molar-refractivity contribution in [2.75, 3.05) is 27.3 Å². The number of carbonyl (C=O) groups excluding carboxylic acids is 3. The highest BCUT2D eigenvalue weighted by Gasteiger charge is 2.52. The second kappa shape index (κ2) is 11.0. The number of ether oxygens (including phenoxy) is 2. The molecular formula is C25H30FN3O5. The molecule has 0 radical (unpaired) electrons. The second-order valence-electron chi connectivity index (χ2n) is 8.13. The van der Waals surface area contributed by atoms with Crippen molar-refractivity contribution < 1.29 is 28.2 Å². The van der Waals surface area contributed by atoms with Crippen LogP contribution < -0.4 is 20.1 Å². The van der Waals surface area contributed by atoms with Crippen LogP contribution in [0.1, 0.15) is 37.3 Å². The molecule has 1 aliphatic heterocycles. The maximum absolute atomic E-state index is 13.4. The summed E-state index contributed by atoms with van der Waals surface area (Å²) in [5, 5.41) is 5.51. The Hall–Kier alpha value is -3.62. The van der Waals surface area contributed by atoms with Crippen molar-refractivity contribution in [3.8, 4) is 11.5 Å². The maximum atomic E-state index is 13.4. The van der Waals surface area contributed by atoms with Gasteiger partial charge in [-0.25, -0.2) is 9.18 Å². The van der Waals surface area contributed by atoms with Gasteiger partial charge in [0.1, 0.15) is 17.9 Å². The minimum absolute atomic E-state index is 0.316. The number of carbonyl (C=O) groups is 3. The Balaban J connectivity index is 1.64. The maximum Gasteiger partial charge on any atom is 0.325 e. The van der Waals surface area contributed by atoms with E-state index in [2.05, 4.69) is 10.6 Å². The van der Waals surface area contributed by atoms with E-state index in [4.69, 9.17) is 9.47 Å². The molecule has 0 bridgehead atoms. The van der Waals surface area contributed by atoms with Gasteiger partial charge in [-0.3, -0.25) is 14.5 Å². The molecule has 0 aromatic heterocycles. The number of methoxy groups -OCH3 is 2. The summed E-state index contributed by atoms with van der Waals surface area (Å²) in [5.41, 5.74) is 0.126. The molecule has 4 amide bonds. The minimum Gasteiger partial charge on any atom is -0.493 e. The molecule has 0 saturated carbocycles. The van der Waals surface area contributed by atoms with Crippen LogP contribution in [-0.2, 0) is 21.5 Å². The van der Waals surface area contributed by atoms with E-state index in [-0.39, 0.29) is 0 Å². The molecule has 2 aromatic carbocycles. The van der Waals surface area contributed by atoms with Gasteiger partial charge in [0, 0.05) is 6.54 Å². The van der Waals surface area contributed by atoms with E-state index in [0.717, 1.165) is 16.9 Å². The number of hydrogen-bond donors (Lipinski definition) is 2. The zero-order valence-electron chi connectivity index (χ0n) is 19.7. The Morgan fingerprint density at radius 3 is 2.44 bits per heavy atom. The van der Waals surface area contributed by atoms with Crippen molar-refractivity contribution in [3.63, 3.8) is 0 Å². The van der Waals surface area contributed by atoms with Crippen molar-refractivity contribution in [2.24, 2.45) is 0 Å². The molecule has 1 saturated heterocycles. The van der Waals surface area contributed by atoms with Crippen LogP contribution in [0.5, 0.6) is 11.5 Å². The lowest BCUT2D eigenvalue weighted by Gasteiger charge is -2.27. The predicted octanol–water partition coefficient (Wildman–Crippen LogP) is 3.14. The van der Waals surface area contributed by atoms with E-state index in [1.807, 2.05) is 19.1 Å². The molecule has 9 heteroatoms. The molecule has 1 fully saturated rings. The van der Waals surface area contributed by atoms with Crippen LogP contribution in [0.15, 0.2) is 42.5 Å². The van der Waals surface area contributed by atoms with Gasteiger partial charge in [0.15, 0.2) is 11.5 Å². The smallest absolute Gasteiger partial charge is 0.325 e. The van der Waals surface area contributed by atoms with Gasteiger partial charge in [-0.15, -0.1) is 0 Å². The number of benzene rings is 2. The standard InChI is InChI=1S/C25H30FN3O5/c1-4-5-13-25(18-7-9-19(26)10-8-18)23(31)29(24(32)28-25)16-22(30)27-14-12-17-6-11-20(33-2)21(15-17)34-3/h6-11,15H,4-5,12-14,16H2,1-3H3,(H,27,30)(H,28,32). The van der Waals surface area contributed by atoms with Crippen LogP contribution >= 0.6 is 0 Å². The average molecular weight is 472 g/mol. The number of urea groups is 1. The van der Waals surface area contributed by atoms with Crippen molar-refractivity contribution >= 4 is 17.8 Å². The molecule has 1 unspecified atom stereocenters. The van der Waals surface area contributed by atoms with Crippen LogP contribution in [0.2, 0.25) is 0 Å². The molecule has 1 aliphatic rings. The van der Waals surface area contributed by atoms with Crippen LogP contribution in [0.4, 0.5) is 9.18 Å². The molecule has 2 N–H and O–H groups in total. The molecule has 0 aliphatic carbocycles. The molecular weight excluding hydrogens is 441 g/mol.